The van der Waals surface area contributed by atoms with Crippen molar-refractivity contribution in [3.05, 3.63) is 0 Å². The quantitative estimate of drug-likeness (QED) is 0.110. The van der Waals surface area contributed by atoms with Crippen molar-refractivity contribution in [2.75, 3.05) is 6.54 Å². The molecule has 0 saturated carbocycles. The maximum atomic E-state index is 12.1. The third-order valence-electron chi connectivity index (χ3n) is 3.54. The predicted molar refractivity (Wildman–Crippen MR) is 98.3 cm³/mol. The van der Waals surface area contributed by atoms with Crippen LogP contribution in [-0.2, 0) is 19.2 Å². The minimum atomic E-state index is -1.20. The molecule has 0 radical (unpaired) electrons. The number of nitrogens with one attached hydrogen (secondary N) is 3. The van der Waals surface area contributed by atoms with Gasteiger partial charge in [-0.15, -0.1) is 0 Å². The summed E-state index contributed by atoms with van der Waals surface area (Å²) in [4.78, 5) is 50.3. The molecule has 0 heterocycles. The van der Waals surface area contributed by atoms with Crippen molar-refractivity contribution in [1.29, 1.82) is 0 Å². The molecule has 0 aromatic rings. The van der Waals surface area contributed by atoms with Crippen LogP contribution >= 0.6 is 0 Å². The van der Waals surface area contributed by atoms with Crippen molar-refractivity contribution in [2.45, 2.75) is 57.8 Å². The third-order valence-corrected chi connectivity index (χ3v) is 3.54. The smallest absolute Gasteiger partial charge is 0.325 e. The van der Waals surface area contributed by atoms with E-state index in [1.165, 1.54) is 20.8 Å². The Bertz CT molecular complexity index is 577. The summed E-state index contributed by atoms with van der Waals surface area (Å²) in [5, 5.41) is 15.8. The van der Waals surface area contributed by atoms with Gasteiger partial charge in [0.05, 0.1) is 6.04 Å². The van der Waals surface area contributed by atoms with Gasteiger partial charge in [0.25, 0.3) is 0 Å². The van der Waals surface area contributed by atoms with Crippen LogP contribution in [0.2, 0.25) is 0 Å². The standard InChI is InChI=1S/C15H29N7O5/c1-7(12(24)22-9(3)14(26)27)20-11(23)8(2)21-13(25)10(16)5-4-6-19-15(17)18/h7-10H,4-6,16H2,1-3H3,(H,20,23)(H,21,25)(H,22,24)(H,26,27)(H4,17,18,19). The van der Waals surface area contributed by atoms with Crippen molar-refractivity contribution in [3.8, 4) is 0 Å². The summed E-state index contributed by atoms with van der Waals surface area (Å²) in [7, 11) is 0. The predicted octanol–water partition coefficient (Wildman–Crippen LogP) is -3.03. The number of hydrogen-bond acceptors (Lipinski definition) is 6. The molecule has 12 nitrogen and oxygen atoms in total. The highest BCUT2D eigenvalue weighted by atomic mass is 16.4. The fourth-order valence-electron chi connectivity index (χ4n) is 1.84. The maximum absolute atomic E-state index is 12.1. The van der Waals surface area contributed by atoms with E-state index in [1.54, 1.807) is 0 Å². The van der Waals surface area contributed by atoms with Gasteiger partial charge in [0.2, 0.25) is 17.7 Å². The summed E-state index contributed by atoms with van der Waals surface area (Å²) in [6, 6.07) is -3.85. The zero-order valence-corrected chi connectivity index (χ0v) is 15.7. The van der Waals surface area contributed by atoms with Gasteiger partial charge < -0.3 is 38.3 Å². The highest BCUT2D eigenvalue weighted by Crippen LogP contribution is 1.97. The number of carboxylic acids is 1. The van der Waals surface area contributed by atoms with Crippen LogP contribution in [0.25, 0.3) is 0 Å². The maximum Gasteiger partial charge on any atom is 0.325 e. The number of guanidine groups is 1. The molecule has 12 heteroatoms. The van der Waals surface area contributed by atoms with Gasteiger partial charge in [-0.2, -0.15) is 0 Å². The Labute approximate surface area is 157 Å². The Kier molecular flexibility index (Phi) is 10.4. The van der Waals surface area contributed by atoms with Crippen LogP contribution in [0.1, 0.15) is 33.6 Å². The van der Waals surface area contributed by atoms with E-state index in [0.717, 1.165) is 0 Å². The van der Waals surface area contributed by atoms with Crippen molar-refractivity contribution in [1.82, 2.24) is 16.0 Å². The van der Waals surface area contributed by atoms with E-state index in [0.29, 0.717) is 19.4 Å². The van der Waals surface area contributed by atoms with Gasteiger partial charge in [0, 0.05) is 6.54 Å². The van der Waals surface area contributed by atoms with Gasteiger partial charge in [0.1, 0.15) is 18.1 Å². The van der Waals surface area contributed by atoms with E-state index in [2.05, 4.69) is 20.9 Å². The van der Waals surface area contributed by atoms with Crippen molar-refractivity contribution >= 4 is 29.7 Å². The number of carbonyl (C=O) groups is 4. The lowest BCUT2D eigenvalue weighted by Crippen LogP contribution is -2.55. The van der Waals surface area contributed by atoms with Crippen LogP contribution in [-0.4, -0.2) is 65.5 Å². The highest BCUT2D eigenvalue weighted by molar-refractivity contribution is 5.93. The summed E-state index contributed by atoms with van der Waals surface area (Å²) in [5.41, 5.74) is 16.1. The molecule has 0 rings (SSSR count). The van der Waals surface area contributed by atoms with Gasteiger partial charge in [0.15, 0.2) is 5.96 Å². The average Bonchev–Trinajstić information content (AvgIpc) is 2.57. The molecular formula is C15H29N7O5. The molecule has 154 valence electrons. The fourth-order valence-corrected chi connectivity index (χ4v) is 1.84. The minimum Gasteiger partial charge on any atom is -0.480 e. The first-order valence-corrected chi connectivity index (χ1v) is 8.40. The second kappa shape index (κ2) is 11.7. The molecule has 4 atom stereocenters. The van der Waals surface area contributed by atoms with Gasteiger partial charge in [-0.3, -0.25) is 24.2 Å². The summed E-state index contributed by atoms with van der Waals surface area (Å²) in [6.07, 6.45) is 0.814. The SMILES string of the molecule is CC(NC(=O)C(C)NC(=O)C(C)NC(=O)C(N)CCCN=C(N)N)C(=O)O. The lowest BCUT2D eigenvalue weighted by atomic mass is 10.1. The number of carbonyl (C=O) groups excluding carboxylic acids is 3. The second-order valence-corrected chi connectivity index (χ2v) is 6.08. The molecule has 0 aromatic heterocycles. The molecule has 27 heavy (non-hydrogen) atoms. The first kappa shape index (κ1) is 24.1. The van der Waals surface area contributed by atoms with Gasteiger partial charge in [-0.1, -0.05) is 0 Å². The van der Waals surface area contributed by atoms with E-state index < -0.39 is 47.9 Å². The summed E-state index contributed by atoms with van der Waals surface area (Å²) in [5.74, 6) is -3.04. The lowest BCUT2D eigenvalue weighted by molar-refractivity contribution is -0.141. The van der Waals surface area contributed by atoms with Crippen molar-refractivity contribution in [3.63, 3.8) is 0 Å². The molecule has 0 spiro atoms. The Hall–Kier alpha value is -2.89. The summed E-state index contributed by atoms with van der Waals surface area (Å²) < 4.78 is 0. The Morgan fingerprint density at radius 2 is 1.33 bits per heavy atom. The second-order valence-electron chi connectivity index (χ2n) is 6.08. The molecule has 10 N–H and O–H groups in total. The minimum absolute atomic E-state index is 0.0470. The van der Waals surface area contributed by atoms with Crippen LogP contribution in [0.3, 0.4) is 0 Å². The van der Waals surface area contributed by atoms with Crippen molar-refractivity contribution in [2.24, 2.45) is 22.2 Å². The third kappa shape index (κ3) is 9.99. The molecule has 0 fully saturated rings. The molecule has 0 saturated heterocycles. The average molecular weight is 387 g/mol. The summed E-state index contributed by atoms with van der Waals surface area (Å²) >= 11 is 0. The number of carboxylic acid groups (broad SMARTS) is 1. The molecule has 0 bridgehead atoms. The van der Waals surface area contributed by atoms with Crippen LogP contribution in [0.4, 0.5) is 0 Å². The van der Waals surface area contributed by atoms with Crippen LogP contribution in [0.15, 0.2) is 4.99 Å². The zero-order valence-electron chi connectivity index (χ0n) is 15.7. The van der Waals surface area contributed by atoms with Crippen molar-refractivity contribution < 1.29 is 24.3 Å². The number of nitrogens with zero attached hydrogens (tertiary/aromatic N) is 1. The van der Waals surface area contributed by atoms with E-state index in [9.17, 15) is 19.2 Å². The van der Waals surface area contributed by atoms with E-state index >= 15 is 0 Å². The van der Waals surface area contributed by atoms with E-state index in [4.69, 9.17) is 22.3 Å². The number of aliphatic imine (C=N–C) groups is 1. The summed E-state index contributed by atoms with van der Waals surface area (Å²) in [6.45, 7) is 4.46. The largest absolute Gasteiger partial charge is 0.480 e. The molecule has 0 aliphatic heterocycles. The van der Waals surface area contributed by atoms with Crippen LogP contribution < -0.4 is 33.2 Å². The first-order valence-electron chi connectivity index (χ1n) is 8.40. The monoisotopic (exact) mass is 387 g/mol. The number of rotatable bonds is 11. The number of nitrogens with two attached hydrogens (primary N) is 3. The lowest BCUT2D eigenvalue weighted by Gasteiger charge is -2.20. The van der Waals surface area contributed by atoms with E-state index in [1.807, 2.05) is 0 Å². The number of amides is 3. The zero-order chi connectivity index (χ0) is 21.1. The van der Waals surface area contributed by atoms with Gasteiger partial charge in [-0.25, -0.2) is 0 Å². The fraction of sp³-hybridized carbons (Fsp3) is 0.667. The molecule has 0 aliphatic rings. The van der Waals surface area contributed by atoms with Crippen LogP contribution in [0.5, 0.6) is 0 Å². The Balaban J connectivity index is 4.39. The number of hydrogen-bond donors (Lipinski definition) is 7. The highest BCUT2D eigenvalue weighted by Gasteiger charge is 2.24. The number of aliphatic carboxylic acids is 1. The Morgan fingerprint density at radius 3 is 1.78 bits per heavy atom. The molecule has 0 aliphatic carbocycles. The van der Waals surface area contributed by atoms with Crippen LogP contribution in [0, 0.1) is 0 Å². The first-order chi connectivity index (χ1) is 12.5. The van der Waals surface area contributed by atoms with Gasteiger partial charge in [-0.05, 0) is 33.6 Å². The molecule has 0 aromatic carbocycles. The molecule has 3 amide bonds. The van der Waals surface area contributed by atoms with Gasteiger partial charge >= 0.3 is 5.97 Å². The molecular weight excluding hydrogens is 358 g/mol. The Morgan fingerprint density at radius 1 is 0.889 bits per heavy atom. The molecule has 4 unspecified atom stereocenters. The van der Waals surface area contributed by atoms with E-state index in [-0.39, 0.29) is 5.96 Å². The topological polar surface area (TPSA) is 215 Å². The normalized spacial score (nSPS) is 14.8.